The first-order valence-corrected chi connectivity index (χ1v) is 5.85. The summed E-state index contributed by atoms with van der Waals surface area (Å²) in [5.74, 6) is -2.02. The average molecular weight is 261 g/mol. The maximum atomic E-state index is 13.0. The maximum Gasteiger partial charge on any atom is 0.251 e. The number of carbonyl (C=O) groups excluding carboxylic acids is 1. The number of rotatable bonds is 3. The van der Waals surface area contributed by atoms with Crippen LogP contribution < -0.4 is 5.32 Å². The summed E-state index contributed by atoms with van der Waals surface area (Å²) >= 11 is 0. The van der Waals surface area contributed by atoms with Gasteiger partial charge in [-0.25, -0.2) is 8.78 Å². The van der Waals surface area contributed by atoms with E-state index in [0.29, 0.717) is 6.54 Å². The molecule has 0 unspecified atom stereocenters. The molecule has 0 saturated carbocycles. The highest BCUT2D eigenvalue weighted by atomic mass is 19.1. The monoisotopic (exact) mass is 261 g/mol. The third-order valence-corrected chi connectivity index (χ3v) is 2.83. The smallest absolute Gasteiger partial charge is 0.251 e. The van der Waals surface area contributed by atoms with Crippen LogP contribution in [-0.4, -0.2) is 5.91 Å². The molecule has 4 heteroatoms. The summed E-state index contributed by atoms with van der Waals surface area (Å²) in [6, 6.07) is 10.4. The zero-order valence-corrected chi connectivity index (χ0v) is 10.4. The van der Waals surface area contributed by atoms with Gasteiger partial charge in [-0.1, -0.05) is 24.3 Å². The van der Waals surface area contributed by atoms with E-state index in [1.165, 1.54) is 0 Å². The summed E-state index contributed by atoms with van der Waals surface area (Å²) in [6.45, 7) is 2.26. The fourth-order valence-corrected chi connectivity index (χ4v) is 1.77. The summed E-state index contributed by atoms with van der Waals surface area (Å²) < 4.78 is 26.0. The van der Waals surface area contributed by atoms with Gasteiger partial charge in [0.2, 0.25) is 0 Å². The van der Waals surface area contributed by atoms with Gasteiger partial charge in [0.05, 0.1) is 0 Å². The lowest BCUT2D eigenvalue weighted by Gasteiger charge is -2.08. The number of carbonyl (C=O) groups is 1. The summed E-state index contributed by atoms with van der Waals surface area (Å²) in [6.07, 6.45) is 0. The Kier molecular flexibility index (Phi) is 3.90. The topological polar surface area (TPSA) is 29.1 Å². The van der Waals surface area contributed by atoms with Gasteiger partial charge in [0, 0.05) is 18.2 Å². The van der Waals surface area contributed by atoms with Crippen LogP contribution in [0.3, 0.4) is 0 Å². The minimum Gasteiger partial charge on any atom is -0.348 e. The minimum atomic E-state index is -0.763. The molecule has 2 aromatic rings. The SMILES string of the molecule is Cc1ccccc1CNC(=O)c1cc(F)cc(F)c1. The number of halogens is 2. The van der Waals surface area contributed by atoms with Crippen LogP contribution in [0.15, 0.2) is 42.5 Å². The molecule has 2 nitrogen and oxygen atoms in total. The van der Waals surface area contributed by atoms with Gasteiger partial charge in [-0.05, 0) is 30.2 Å². The Hall–Kier alpha value is -2.23. The largest absolute Gasteiger partial charge is 0.348 e. The predicted octanol–water partition coefficient (Wildman–Crippen LogP) is 3.20. The van der Waals surface area contributed by atoms with Gasteiger partial charge in [-0.15, -0.1) is 0 Å². The fraction of sp³-hybridized carbons (Fsp3) is 0.133. The number of hydrogen-bond donors (Lipinski definition) is 1. The molecule has 1 N–H and O–H groups in total. The zero-order chi connectivity index (χ0) is 13.8. The van der Waals surface area contributed by atoms with Crippen molar-refractivity contribution in [3.63, 3.8) is 0 Å². The Labute approximate surface area is 110 Å². The Balaban J connectivity index is 2.08. The summed E-state index contributed by atoms with van der Waals surface area (Å²) in [4.78, 5) is 11.8. The van der Waals surface area contributed by atoms with E-state index in [1.807, 2.05) is 31.2 Å². The number of nitrogens with one attached hydrogen (secondary N) is 1. The van der Waals surface area contributed by atoms with Gasteiger partial charge in [0.25, 0.3) is 5.91 Å². The molecule has 19 heavy (non-hydrogen) atoms. The van der Waals surface area contributed by atoms with Gasteiger partial charge in [-0.3, -0.25) is 4.79 Å². The van der Waals surface area contributed by atoms with E-state index >= 15 is 0 Å². The van der Waals surface area contributed by atoms with Crippen molar-refractivity contribution in [3.8, 4) is 0 Å². The third kappa shape index (κ3) is 3.37. The highest BCUT2D eigenvalue weighted by Gasteiger charge is 2.09. The second-order valence-electron chi connectivity index (χ2n) is 4.27. The van der Waals surface area contributed by atoms with Crippen molar-refractivity contribution in [1.82, 2.24) is 5.32 Å². The van der Waals surface area contributed by atoms with Crippen molar-refractivity contribution < 1.29 is 13.6 Å². The molecule has 98 valence electrons. The van der Waals surface area contributed by atoms with Gasteiger partial charge in [0.15, 0.2) is 0 Å². The molecule has 0 aliphatic heterocycles. The summed E-state index contributed by atoms with van der Waals surface area (Å²) in [5.41, 5.74) is 1.99. The third-order valence-electron chi connectivity index (χ3n) is 2.83. The maximum absolute atomic E-state index is 13.0. The molecule has 0 aliphatic rings. The van der Waals surface area contributed by atoms with Crippen molar-refractivity contribution >= 4 is 5.91 Å². The number of benzene rings is 2. The molecular formula is C15H13F2NO. The fourth-order valence-electron chi connectivity index (χ4n) is 1.77. The molecule has 2 aromatic carbocycles. The van der Waals surface area contributed by atoms with Crippen molar-refractivity contribution in [1.29, 1.82) is 0 Å². The summed E-state index contributed by atoms with van der Waals surface area (Å²) in [7, 11) is 0. The van der Waals surface area contributed by atoms with E-state index in [9.17, 15) is 13.6 Å². The second-order valence-corrected chi connectivity index (χ2v) is 4.27. The molecule has 0 saturated heterocycles. The first-order chi connectivity index (χ1) is 9.06. The number of aryl methyl sites for hydroxylation is 1. The Morgan fingerprint density at radius 1 is 1.11 bits per heavy atom. The number of amides is 1. The molecule has 0 heterocycles. The van der Waals surface area contributed by atoms with Crippen LogP contribution in [0.1, 0.15) is 21.5 Å². The predicted molar refractivity (Wildman–Crippen MR) is 68.7 cm³/mol. The van der Waals surface area contributed by atoms with E-state index in [2.05, 4.69) is 5.32 Å². The molecular weight excluding hydrogens is 248 g/mol. The number of hydrogen-bond acceptors (Lipinski definition) is 1. The van der Waals surface area contributed by atoms with E-state index in [4.69, 9.17) is 0 Å². The van der Waals surface area contributed by atoms with Crippen LogP contribution in [-0.2, 0) is 6.54 Å². The van der Waals surface area contributed by atoms with Crippen LogP contribution in [0.5, 0.6) is 0 Å². The van der Waals surface area contributed by atoms with E-state index < -0.39 is 17.5 Å². The standard InChI is InChI=1S/C15H13F2NO/c1-10-4-2-3-5-11(10)9-18-15(19)12-6-13(16)8-14(17)7-12/h2-8H,9H2,1H3,(H,18,19). The molecule has 0 radical (unpaired) electrons. The molecule has 2 rings (SSSR count). The first kappa shape index (κ1) is 13.2. The van der Waals surface area contributed by atoms with Crippen molar-refractivity contribution in [2.45, 2.75) is 13.5 Å². The van der Waals surface area contributed by atoms with Gasteiger partial charge >= 0.3 is 0 Å². The highest BCUT2D eigenvalue weighted by Crippen LogP contribution is 2.09. The quantitative estimate of drug-likeness (QED) is 0.903. The van der Waals surface area contributed by atoms with E-state index in [1.54, 1.807) is 0 Å². The first-order valence-electron chi connectivity index (χ1n) is 5.85. The molecule has 0 aliphatic carbocycles. The van der Waals surface area contributed by atoms with Crippen molar-refractivity contribution in [3.05, 3.63) is 70.8 Å². The zero-order valence-electron chi connectivity index (χ0n) is 10.4. The molecule has 1 amide bonds. The Morgan fingerprint density at radius 2 is 1.74 bits per heavy atom. The molecule has 0 fully saturated rings. The minimum absolute atomic E-state index is 0.0221. The van der Waals surface area contributed by atoms with Gasteiger partial charge in [0.1, 0.15) is 11.6 Å². The highest BCUT2D eigenvalue weighted by molar-refractivity contribution is 5.94. The summed E-state index contributed by atoms with van der Waals surface area (Å²) in [5, 5.41) is 2.64. The molecule has 0 atom stereocenters. The average Bonchev–Trinajstić information content (AvgIpc) is 2.36. The van der Waals surface area contributed by atoms with E-state index in [-0.39, 0.29) is 5.56 Å². The molecule has 0 spiro atoms. The van der Waals surface area contributed by atoms with Crippen LogP contribution in [0.2, 0.25) is 0 Å². The lowest BCUT2D eigenvalue weighted by Crippen LogP contribution is -2.23. The van der Waals surface area contributed by atoms with Crippen LogP contribution in [0.25, 0.3) is 0 Å². The van der Waals surface area contributed by atoms with Crippen molar-refractivity contribution in [2.75, 3.05) is 0 Å². The molecule has 0 bridgehead atoms. The Bertz CT molecular complexity index is 591. The Morgan fingerprint density at radius 3 is 2.37 bits per heavy atom. The van der Waals surface area contributed by atoms with Gasteiger partial charge in [-0.2, -0.15) is 0 Å². The molecule has 0 aromatic heterocycles. The lowest BCUT2D eigenvalue weighted by molar-refractivity contribution is 0.0950. The lowest BCUT2D eigenvalue weighted by atomic mass is 10.1. The van der Waals surface area contributed by atoms with Gasteiger partial charge < -0.3 is 5.32 Å². The van der Waals surface area contributed by atoms with Crippen LogP contribution in [0.4, 0.5) is 8.78 Å². The second kappa shape index (κ2) is 5.61. The normalized spacial score (nSPS) is 10.3. The van der Waals surface area contributed by atoms with Crippen molar-refractivity contribution in [2.24, 2.45) is 0 Å². The van der Waals surface area contributed by atoms with E-state index in [0.717, 1.165) is 29.3 Å². The van der Waals surface area contributed by atoms with Crippen LogP contribution >= 0.6 is 0 Å². The van der Waals surface area contributed by atoms with Crippen LogP contribution in [0, 0.1) is 18.6 Å².